The molecule has 95 heavy (non-hydrogen) atoms. The minimum Gasteiger partial charge on any atom is -0.480 e. The van der Waals surface area contributed by atoms with Gasteiger partial charge in [0.1, 0.15) is 24.2 Å². The van der Waals surface area contributed by atoms with Crippen LogP contribution in [0.1, 0.15) is 154 Å². The van der Waals surface area contributed by atoms with Crippen molar-refractivity contribution in [1.82, 2.24) is 35.3 Å². The number of hydrogen-bond acceptors (Lipinski definition) is 12. The fraction of sp³-hybridized carbons (Fsp3) is 0.452. The quantitative estimate of drug-likeness (QED) is 0.0154. The molecular weight excluding hydrogens is 1210 g/mol. The number of alkyl carbamates (subject to hydrolysis) is 1. The van der Waals surface area contributed by atoms with E-state index in [4.69, 9.17) is 21.3 Å². The number of aliphatic carboxylic acids is 1. The largest absolute Gasteiger partial charge is 0.480 e. The Morgan fingerprint density at radius 1 is 0.737 bits per heavy atom. The summed E-state index contributed by atoms with van der Waals surface area (Å²) in [6.07, 6.45) is 27.6. The van der Waals surface area contributed by atoms with Crippen LogP contribution >= 0.6 is 0 Å². The van der Waals surface area contributed by atoms with Gasteiger partial charge in [-0.05, 0) is 95.8 Å². The lowest BCUT2D eigenvalue weighted by atomic mass is 9.98. The molecule has 512 valence electrons. The number of ether oxygens (including phenoxy) is 1. The number of pyridine rings is 2. The molecule has 0 bridgehead atoms. The van der Waals surface area contributed by atoms with Gasteiger partial charge in [-0.2, -0.15) is 0 Å². The highest BCUT2D eigenvalue weighted by Gasteiger charge is 2.45. The number of fused-ring (bicyclic) bond motifs is 2. The van der Waals surface area contributed by atoms with Crippen LogP contribution < -0.4 is 42.8 Å². The molecule has 0 spiro atoms. The van der Waals surface area contributed by atoms with E-state index in [-0.39, 0.29) is 42.9 Å². The molecule has 0 saturated carbocycles. The number of rotatable bonds is 28. The lowest BCUT2D eigenvalue weighted by molar-refractivity contribution is -0.142. The van der Waals surface area contributed by atoms with Crippen LogP contribution in [0.25, 0.3) is 10.8 Å². The fourth-order valence-electron chi connectivity index (χ4n) is 11.5. The number of piperidine rings is 1. The smallest absolute Gasteiger partial charge is 0.408 e. The minimum absolute atomic E-state index is 0.0624. The van der Waals surface area contributed by atoms with Gasteiger partial charge in [0.15, 0.2) is 0 Å². The van der Waals surface area contributed by atoms with E-state index in [1.54, 1.807) is 37.8 Å². The Bertz CT molecular complexity index is 3290. The summed E-state index contributed by atoms with van der Waals surface area (Å²) >= 11 is 0. The number of urea groups is 1. The van der Waals surface area contributed by atoms with Gasteiger partial charge >= 0.3 is 18.1 Å². The van der Waals surface area contributed by atoms with Gasteiger partial charge in [0.2, 0.25) is 30.0 Å². The highest BCUT2D eigenvalue weighted by atomic mass is 16.6. The Morgan fingerprint density at radius 2 is 1.35 bits per heavy atom. The number of nitrogens with two attached hydrogens (primary N) is 2. The van der Waals surface area contributed by atoms with E-state index in [2.05, 4.69) is 63.3 Å². The van der Waals surface area contributed by atoms with Gasteiger partial charge in [0, 0.05) is 80.8 Å². The molecular formula is C73H99N11O11. The zero-order chi connectivity index (χ0) is 69.0. The summed E-state index contributed by atoms with van der Waals surface area (Å²) in [6, 6.07) is 28.3. The summed E-state index contributed by atoms with van der Waals surface area (Å²) in [5.74, 6) is -2.63. The molecule has 0 aliphatic carbocycles. The van der Waals surface area contributed by atoms with Crippen molar-refractivity contribution in [1.29, 1.82) is 0 Å². The number of unbranched alkanes of at least 4 members (excludes halogenated alkanes) is 8. The number of nitrogens with zero attached hydrogens (tertiary/aromatic N) is 6. The van der Waals surface area contributed by atoms with Crippen molar-refractivity contribution in [3.8, 4) is 0 Å². The summed E-state index contributed by atoms with van der Waals surface area (Å²) in [7, 11) is 0. The number of carboxylic acids is 1. The zero-order valence-electron chi connectivity index (χ0n) is 55.6. The Morgan fingerprint density at radius 3 is 1.94 bits per heavy atom. The van der Waals surface area contributed by atoms with Crippen molar-refractivity contribution in [2.24, 2.45) is 11.5 Å². The van der Waals surface area contributed by atoms with Crippen LogP contribution in [0.5, 0.6) is 0 Å². The number of carbonyl (C=O) groups is 8. The number of hydrogen-bond donors (Lipinski definition) is 6. The SMILES string of the molecule is C=C/C=C\C=C.CC(C)(C)OC(=O)NC1CN(C(=O)NCCCCCCCCCCCN(C=O)c2ccc(=O)n(CC(=O)O)c2)CCC2CCC(C(N)=O)N2C1=O.NC(=O)CCCC(=O)NC(c1ccccc1)c1ccccc1.c1ccc2c(N3CCCCC3)cncc2c1. The highest BCUT2D eigenvalue weighted by molar-refractivity contribution is 5.94. The van der Waals surface area contributed by atoms with E-state index in [0.29, 0.717) is 63.8 Å². The molecule has 3 saturated heterocycles. The number of benzene rings is 3. The molecule has 0 radical (unpaired) electrons. The number of aromatic nitrogens is 2. The summed E-state index contributed by atoms with van der Waals surface area (Å²) in [4.78, 5) is 120. The predicted molar refractivity (Wildman–Crippen MR) is 372 cm³/mol. The third kappa shape index (κ3) is 27.1. The predicted octanol–water partition coefficient (Wildman–Crippen LogP) is 10.2. The Kier molecular flexibility index (Phi) is 33.0. The molecule has 8 rings (SSSR count). The molecule has 3 atom stereocenters. The summed E-state index contributed by atoms with van der Waals surface area (Å²) < 4.78 is 6.43. The standard InChI is InChI=1S/C35H55N7O9.C18H20N2O2.C14H16N2.C6H8/c1-35(2,3)51-34(50)38-27-22-39(20-17-25-13-15-28(31(36)47)42(25)32(27)48)33(49)37-18-11-9-7-5-4-6-8-10-12-19-40(24-43)26-14-16-29(44)41(21-26)23-30(45)46;19-16(21)12-7-13-17(22)20-18(14-8-3-1-4-9-14)15-10-5-2-6-11-15;1-4-8-16(9-5-1)14-11-15-10-12-6-2-3-7-13(12)14;1-3-5-6-4-2/h14,16,21,24-25,27-28H,4-13,15,17-20,22-23H2,1-3H3,(H2,36,47)(H,37,49)(H,38,50)(H,45,46);1-6,8-11,18H,7,12-13H2,(H2,19,21)(H,20,22);2-3,6-7,10-11H,1,4-5,8-9H2;3-6H,1-2H2/b;;;6-5-. The third-order valence-electron chi connectivity index (χ3n) is 16.2. The highest BCUT2D eigenvalue weighted by Crippen LogP contribution is 2.31. The van der Waals surface area contributed by atoms with Crippen molar-refractivity contribution < 1.29 is 48.2 Å². The number of anilines is 2. The van der Waals surface area contributed by atoms with E-state index in [0.717, 1.165) is 73.5 Å². The van der Waals surface area contributed by atoms with E-state index >= 15 is 0 Å². The molecule has 5 aromatic rings. The maximum Gasteiger partial charge on any atom is 0.408 e. The first-order valence-electron chi connectivity index (χ1n) is 33.2. The first kappa shape index (κ1) is 76.1. The van der Waals surface area contributed by atoms with Crippen molar-refractivity contribution in [3.05, 3.63) is 175 Å². The molecule has 3 aliphatic rings. The van der Waals surface area contributed by atoms with Crippen LogP contribution in [0.4, 0.5) is 21.0 Å². The van der Waals surface area contributed by atoms with Gasteiger partial charge in [-0.1, -0.05) is 167 Å². The van der Waals surface area contributed by atoms with E-state index in [1.165, 1.54) is 76.9 Å². The third-order valence-corrected chi connectivity index (χ3v) is 16.2. The van der Waals surface area contributed by atoms with Crippen LogP contribution in [0.15, 0.2) is 158 Å². The molecule has 3 unspecified atom stereocenters. The fourth-order valence-corrected chi connectivity index (χ4v) is 11.5. The first-order chi connectivity index (χ1) is 45.7. The number of amides is 8. The second kappa shape index (κ2) is 41.2. The number of primary amides is 2. The summed E-state index contributed by atoms with van der Waals surface area (Å²) in [5.41, 5.74) is 13.3. The molecule has 22 heteroatoms. The normalized spacial score (nSPS) is 16.0. The monoisotopic (exact) mass is 1310 g/mol. The van der Waals surface area contributed by atoms with Crippen LogP contribution in [-0.2, 0) is 40.0 Å². The van der Waals surface area contributed by atoms with Crippen LogP contribution in [0.3, 0.4) is 0 Å². The number of allylic oxidation sites excluding steroid dienone is 4. The van der Waals surface area contributed by atoms with Crippen molar-refractivity contribution in [3.63, 3.8) is 0 Å². The summed E-state index contributed by atoms with van der Waals surface area (Å²) in [6.45, 7) is 15.2. The van der Waals surface area contributed by atoms with Gasteiger partial charge in [0.05, 0.1) is 30.2 Å². The minimum atomic E-state index is -1.13. The van der Waals surface area contributed by atoms with E-state index in [9.17, 15) is 43.2 Å². The lowest BCUT2D eigenvalue weighted by Gasteiger charge is -2.38. The maximum atomic E-state index is 13.6. The molecule has 8 amide bonds. The average molecular weight is 1310 g/mol. The second-order valence-electron chi connectivity index (χ2n) is 24.7. The Hall–Kier alpha value is -9.60. The molecule has 3 aromatic carbocycles. The van der Waals surface area contributed by atoms with Gasteiger partial charge < -0.3 is 61.4 Å². The average Bonchev–Trinajstić information content (AvgIpc) is 1.76. The number of carboxylic acid groups (broad SMARTS) is 1. The van der Waals surface area contributed by atoms with Gasteiger partial charge in [-0.25, -0.2) is 9.59 Å². The van der Waals surface area contributed by atoms with Crippen molar-refractivity contribution in [2.45, 2.75) is 173 Å². The Labute approximate surface area is 559 Å². The first-order valence-corrected chi connectivity index (χ1v) is 33.2. The van der Waals surface area contributed by atoms with E-state index in [1.807, 2.05) is 85.2 Å². The molecule has 3 fully saturated rings. The molecule has 8 N–H and O–H groups in total. The zero-order valence-corrected chi connectivity index (χ0v) is 55.6. The molecule has 5 heterocycles. The molecule has 2 aromatic heterocycles. The second-order valence-corrected chi connectivity index (χ2v) is 24.7. The number of nitrogens with one attached hydrogen (secondary N) is 3. The van der Waals surface area contributed by atoms with Crippen LogP contribution in [0.2, 0.25) is 0 Å². The van der Waals surface area contributed by atoms with Crippen LogP contribution in [-0.4, -0.2) is 136 Å². The van der Waals surface area contributed by atoms with Crippen molar-refractivity contribution in [2.75, 3.05) is 49.1 Å². The van der Waals surface area contributed by atoms with E-state index < -0.39 is 53.7 Å². The van der Waals surface area contributed by atoms with Gasteiger partial charge in [0.25, 0.3) is 5.56 Å². The number of carbonyl (C=O) groups excluding carboxylic acids is 7. The Balaban J connectivity index is 0.000000298. The van der Waals surface area contributed by atoms with Gasteiger partial charge in [-0.3, -0.25) is 38.5 Å². The molecule has 3 aliphatic heterocycles. The van der Waals surface area contributed by atoms with Gasteiger partial charge in [-0.15, -0.1) is 0 Å². The molecule has 22 nitrogen and oxygen atoms in total. The van der Waals surface area contributed by atoms with Crippen molar-refractivity contribution >= 4 is 70.3 Å². The lowest BCUT2D eigenvalue weighted by Crippen LogP contribution is -2.61. The summed E-state index contributed by atoms with van der Waals surface area (Å²) in [5, 5.41) is 20.2. The van der Waals surface area contributed by atoms with Crippen LogP contribution in [0, 0.1) is 0 Å². The maximum absolute atomic E-state index is 13.6. The topological polar surface area (TPSA) is 302 Å².